The van der Waals surface area contributed by atoms with Gasteiger partial charge >= 0.3 is 6.03 Å². The molecule has 0 radical (unpaired) electrons. The van der Waals surface area contributed by atoms with Crippen molar-refractivity contribution in [2.75, 3.05) is 13.2 Å². The molecule has 1 aromatic heterocycles. The fraction of sp³-hybridized carbons (Fsp3) is 0.294. The summed E-state index contributed by atoms with van der Waals surface area (Å²) in [4.78, 5) is 25.7. The molecule has 2 atom stereocenters. The Kier molecular flexibility index (Phi) is 4.26. The molecule has 0 aliphatic carbocycles. The van der Waals surface area contributed by atoms with Crippen molar-refractivity contribution in [2.24, 2.45) is 0 Å². The van der Waals surface area contributed by atoms with Crippen LogP contribution < -0.4 is 10.1 Å². The first kappa shape index (κ1) is 16.1. The van der Waals surface area contributed by atoms with Crippen LogP contribution in [-0.2, 0) is 10.3 Å². The van der Waals surface area contributed by atoms with Crippen LogP contribution in [-0.4, -0.2) is 41.2 Å². The number of hydrogen-bond donors (Lipinski definition) is 2. The number of aliphatic hydroxyl groups is 1. The zero-order valence-electron chi connectivity index (χ0n) is 13.1. The highest BCUT2D eigenvalue weighted by Crippen LogP contribution is 2.29. The van der Waals surface area contributed by atoms with E-state index in [-0.39, 0.29) is 13.2 Å². The van der Waals surface area contributed by atoms with Gasteiger partial charge in [0.1, 0.15) is 24.2 Å². The van der Waals surface area contributed by atoms with Crippen LogP contribution in [0, 0.1) is 0 Å². The van der Waals surface area contributed by atoms with Crippen LogP contribution in [0.2, 0.25) is 0 Å². The Hall–Kier alpha value is -2.80. The van der Waals surface area contributed by atoms with E-state index in [0.29, 0.717) is 11.5 Å². The van der Waals surface area contributed by atoms with Crippen LogP contribution in [0.1, 0.15) is 12.7 Å². The lowest BCUT2D eigenvalue weighted by Gasteiger charge is -2.20. The Morgan fingerprint density at radius 3 is 2.67 bits per heavy atom. The fourth-order valence-corrected chi connectivity index (χ4v) is 2.57. The number of nitrogens with zero attached hydrogens (tertiary/aromatic N) is 1. The smallest absolute Gasteiger partial charge is 0.325 e. The van der Waals surface area contributed by atoms with Crippen LogP contribution in [0.5, 0.6) is 5.75 Å². The molecule has 0 bridgehead atoms. The summed E-state index contributed by atoms with van der Waals surface area (Å²) in [6, 6.07) is 11.7. The minimum absolute atomic E-state index is 0.0292. The Balaban J connectivity index is 1.62. The van der Waals surface area contributed by atoms with E-state index in [1.807, 2.05) is 18.2 Å². The quantitative estimate of drug-likeness (QED) is 0.783. The Labute approximate surface area is 138 Å². The summed E-state index contributed by atoms with van der Waals surface area (Å²) in [7, 11) is 0. The number of carbonyl (C=O) groups excluding carboxylic acids is 2. The summed E-state index contributed by atoms with van der Waals surface area (Å²) >= 11 is 0. The minimum atomic E-state index is -1.26. The van der Waals surface area contributed by atoms with Gasteiger partial charge in [0.2, 0.25) is 0 Å². The van der Waals surface area contributed by atoms with E-state index in [2.05, 4.69) is 5.32 Å². The van der Waals surface area contributed by atoms with Crippen molar-refractivity contribution >= 4 is 11.9 Å². The average Bonchev–Trinajstić information content (AvgIpc) is 3.19. The van der Waals surface area contributed by atoms with Gasteiger partial charge in [0.15, 0.2) is 5.54 Å². The molecule has 0 unspecified atom stereocenters. The van der Waals surface area contributed by atoms with Crippen LogP contribution in [0.3, 0.4) is 0 Å². The highest BCUT2D eigenvalue weighted by atomic mass is 16.5. The second-order valence-corrected chi connectivity index (χ2v) is 5.73. The maximum Gasteiger partial charge on any atom is 0.325 e. The molecule has 3 amide bonds. The standard InChI is InChI=1S/C17H18N2O5/c1-17(14-8-5-9-23-14)15(21)19(16(22)18-17)10-12(20)11-24-13-6-3-2-4-7-13/h2-9,12,20H,10-11H2,1H3,(H,18,22)/t12-,17+/m1/s1. The van der Waals surface area contributed by atoms with E-state index in [0.717, 1.165) is 4.90 Å². The number of nitrogens with one attached hydrogen (secondary N) is 1. The van der Waals surface area contributed by atoms with Gasteiger partial charge in [0, 0.05) is 0 Å². The summed E-state index contributed by atoms with van der Waals surface area (Å²) in [6.07, 6.45) is 0.435. The molecule has 1 fully saturated rings. The molecule has 1 aromatic carbocycles. The number of para-hydroxylation sites is 1. The third kappa shape index (κ3) is 2.98. The molecule has 1 aliphatic rings. The van der Waals surface area contributed by atoms with Gasteiger partial charge in [-0.25, -0.2) is 4.79 Å². The van der Waals surface area contributed by atoms with Crippen molar-refractivity contribution in [3.8, 4) is 5.75 Å². The Morgan fingerprint density at radius 1 is 1.25 bits per heavy atom. The number of imide groups is 1. The number of furan rings is 1. The monoisotopic (exact) mass is 330 g/mol. The largest absolute Gasteiger partial charge is 0.491 e. The molecule has 2 heterocycles. The van der Waals surface area contributed by atoms with Gasteiger partial charge in [0.25, 0.3) is 5.91 Å². The van der Waals surface area contributed by atoms with Crippen LogP contribution in [0.25, 0.3) is 0 Å². The van der Waals surface area contributed by atoms with E-state index in [1.165, 1.54) is 6.26 Å². The zero-order chi connectivity index (χ0) is 17.2. The maximum absolute atomic E-state index is 12.6. The van der Waals surface area contributed by atoms with Gasteiger partial charge in [-0.15, -0.1) is 0 Å². The number of ether oxygens (including phenoxy) is 1. The third-order valence-corrected chi connectivity index (χ3v) is 3.87. The lowest BCUT2D eigenvalue weighted by atomic mass is 9.99. The minimum Gasteiger partial charge on any atom is -0.491 e. The van der Waals surface area contributed by atoms with Crippen LogP contribution >= 0.6 is 0 Å². The lowest BCUT2D eigenvalue weighted by Crippen LogP contribution is -2.42. The van der Waals surface area contributed by atoms with Gasteiger partial charge in [-0.05, 0) is 31.2 Å². The molecule has 0 spiro atoms. The number of aliphatic hydroxyl groups excluding tert-OH is 1. The summed E-state index contributed by atoms with van der Waals surface area (Å²) < 4.78 is 10.7. The number of β-amino-alcohol motifs (C(OH)–C–C–N with tert-alkyl or cyclic N) is 1. The number of carbonyl (C=O) groups is 2. The van der Waals surface area contributed by atoms with Crippen molar-refractivity contribution in [3.63, 3.8) is 0 Å². The molecule has 0 saturated carbocycles. The van der Waals surface area contributed by atoms with Crippen LogP contribution in [0.4, 0.5) is 4.79 Å². The van der Waals surface area contributed by atoms with E-state index < -0.39 is 23.6 Å². The number of amides is 3. The average molecular weight is 330 g/mol. The lowest BCUT2D eigenvalue weighted by molar-refractivity contribution is -0.132. The first-order chi connectivity index (χ1) is 11.5. The molecular formula is C17H18N2O5. The highest BCUT2D eigenvalue weighted by Gasteiger charge is 2.51. The first-order valence-corrected chi connectivity index (χ1v) is 7.55. The maximum atomic E-state index is 12.6. The Morgan fingerprint density at radius 2 is 2.00 bits per heavy atom. The second kappa shape index (κ2) is 6.37. The number of rotatable bonds is 6. The Bertz CT molecular complexity index is 716. The van der Waals surface area contributed by atoms with Gasteiger partial charge in [-0.2, -0.15) is 0 Å². The van der Waals surface area contributed by atoms with E-state index in [9.17, 15) is 14.7 Å². The van der Waals surface area contributed by atoms with E-state index in [1.54, 1.807) is 31.2 Å². The number of urea groups is 1. The molecule has 1 aliphatic heterocycles. The van der Waals surface area contributed by atoms with Crippen LogP contribution in [0.15, 0.2) is 53.1 Å². The normalized spacial score (nSPS) is 21.7. The highest BCUT2D eigenvalue weighted by molar-refractivity contribution is 6.06. The van der Waals surface area contributed by atoms with Crippen molar-refractivity contribution in [3.05, 3.63) is 54.5 Å². The van der Waals surface area contributed by atoms with Gasteiger partial charge in [0.05, 0.1) is 12.8 Å². The second-order valence-electron chi connectivity index (χ2n) is 5.73. The zero-order valence-corrected chi connectivity index (χ0v) is 13.1. The molecule has 24 heavy (non-hydrogen) atoms. The van der Waals surface area contributed by atoms with Crippen molar-refractivity contribution in [1.29, 1.82) is 0 Å². The number of hydrogen-bond acceptors (Lipinski definition) is 5. The predicted molar refractivity (Wildman–Crippen MR) is 84.2 cm³/mol. The van der Waals surface area contributed by atoms with Crippen molar-refractivity contribution in [2.45, 2.75) is 18.6 Å². The van der Waals surface area contributed by atoms with E-state index in [4.69, 9.17) is 9.15 Å². The molecule has 126 valence electrons. The topological polar surface area (TPSA) is 92.0 Å². The molecule has 2 N–H and O–H groups in total. The predicted octanol–water partition coefficient (Wildman–Crippen LogP) is 1.49. The molecule has 7 nitrogen and oxygen atoms in total. The molecule has 7 heteroatoms. The van der Waals surface area contributed by atoms with Gasteiger partial charge < -0.3 is 19.6 Å². The molecule has 2 aromatic rings. The van der Waals surface area contributed by atoms with E-state index >= 15 is 0 Å². The van der Waals surface area contributed by atoms with Crippen molar-refractivity contribution < 1.29 is 23.8 Å². The summed E-state index contributed by atoms with van der Waals surface area (Å²) in [5.41, 5.74) is -1.26. The first-order valence-electron chi connectivity index (χ1n) is 7.55. The summed E-state index contributed by atoms with van der Waals surface area (Å²) in [5, 5.41) is 12.7. The molecule has 1 saturated heterocycles. The van der Waals surface area contributed by atoms with Crippen molar-refractivity contribution in [1.82, 2.24) is 10.2 Å². The third-order valence-electron chi connectivity index (χ3n) is 3.87. The summed E-state index contributed by atoms with van der Waals surface area (Å²) in [6.45, 7) is 1.38. The molecular weight excluding hydrogens is 312 g/mol. The van der Waals surface area contributed by atoms with Gasteiger partial charge in [-0.1, -0.05) is 18.2 Å². The number of benzene rings is 1. The fourth-order valence-electron chi connectivity index (χ4n) is 2.57. The summed E-state index contributed by atoms with van der Waals surface area (Å²) in [5.74, 6) is 0.480. The van der Waals surface area contributed by atoms with Gasteiger partial charge in [-0.3, -0.25) is 9.69 Å². The molecule has 3 rings (SSSR count). The SMILES string of the molecule is C[C@@]1(c2ccco2)NC(=O)N(C[C@@H](O)COc2ccccc2)C1=O.